The zero-order valence-corrected chi connectivity index (χ0v) is 12.8. The predicted octanol–water partition coefficient (Wildman–Crippen LogP) is 2.75. The van der Waals surface area contributed by atoms with Gasteiger partial charge in [-0.3, -0.25) is 4.79 Å². The fourth-order valence-electron chi connectivity index (χ4n) is 2.26. The molecule has 0 spiro atoms. The maximum atomic E-state index is 12.5. The van der Waals surface area contributed by atoms with Crippen molar-refractivity contribution in [2.75, 3.05) is 18.5 Å². The summed E-state index contributed by atoms with van der Waals surface area (Å²) in [5, 5.41) is 9.10. The molecular weight excluding hydrogens is 286 g/mol. The highest BCUT2D eigenvalue weighted by Gasteiger charge is 2.21. The van der Waals surface area contributed by atoms with Gasteiger partial charge in [0.05, 0.1) is 17.3 Å². The predicted molar refractivity (Wildman–Crippen MR) is 83.2 cm³/mol. The standard InChI is InChI=1S/C15H17N3O2S/c1-9-8-21-15(17-9)10(2)18-14(19)11-4-3-5-12-13(11)20-7-6-16-12/h3-5,8,10,16H,6-7H2,1-2H3,(H,18,19). The van der Waals surface area contributed by atoms with E-state index in [2.05, 4.69) is 15.6 Å². The smallest absolute Gasteiger partial charge is 0.255 e. The highest BCUT2D eigenvalue weighted by atomic mass is 32.1. The first-order valence-electron chi connectivity index (χ1n) is 6.87. The van der Waals surface area contributed by atoms with Crippen LogP contribution in [0.5, 0.6) is 5.75 Å². The lowest BCUT2D eigenvalue weighted by molar-refractivity contribution is 0.0935. The second kappa shape index (κ2) is 5.73. The number of aryl methyl sites for hydroxylation is 1. The van der Waals surface area contributed by atoms with E-state index in [1.807, 2.05) is 31.4 Å². The van der Waals surface area contributed by atoms with Gasteiger partial charge in [-0.15, -0.1) is 11.3 Å². The van der Waals surface area contributed by atoms with Crippen molar-refractivity contribution in [3.05, 3.63) is 39.8 Å². The first-order chi connectivity index (χ1) is 10.1. The van der Waals surface area contributed by atoms with E-state index in [0.717, 1.165) is 22.9 Å². The van der Waals surface area contributed by atoms with Gasteiger partial charge in [-0.25, -0.2) is 4.98 Å². The van der Waals surface area contributed by atoms with E-state index < -0.39 is 0 Å². The topological polar surface area (TPSA) is 63.2 Å². The van der Waals surface area contributed by atoms with Crippen LogP contribution < -0.4 is 15.4 Å². The number of thiazole rings is 1. The molecule has 6 heteroatoms. The molecule has 1 aliphatic heterocycles. The third-order valence-corrected chi connectivity index (χ3v) is 4.42. The molecule has 1 amide bonds. The average molecular weight is 303 g/mol. The van der Waals surface area contributed by atoms with E-state index >= 15 is 0 Å². The Labute approximate surface area is 127 Å². The molecule has 0 aliphatic carbocycles. The minimum Gasteiger partial charge on any atom is -0.489 e. The molecule has 110 valence electrons. The van der Waals surface area contributed by atoms with Crippen LogP contribution in [-0.4, -0.2) is 24.0 Å². The Morgan fingerprint density at radius 3 is 3.14 bits per heavy atom. The van der Waals surface area contributed by atoms with Gasteiger partial charge in [-0.05, 0) is 26.0 Å². The lowest BCUT2D eigenvalue weighted by Crippen LogP contribution is -2.28. The molecule has 1 atom stereocenters. The highest BCUT2D eigenvalue weighted by molar-refractivity contribution is 7.09. The number of amides is 1. The SMILES string of the molecule is Cc1csc(C(C)NC(=O)c2cccc3c2OCCN3)n1. The fraction of sp³-hybridized carbons (Fsp3) is 0.333. The van der Waals surface area contributed by atoms with Crippen LogP contribution in [-0.2, 0) is 0 Å². The quantitative estimate of drug-likeness (QED) is 0.915. The number of hydrogen-bond acceptors (Lipinski definition) is 5. The van der Waals surface area contributed by atoms with E-state index in [4.69, 9.17) is 4.74 Å². The van der Waals surface area contributed by atoms with Crippen molar-refractivity contribution in [3.8, 4) is 5.75 Å². The average Bonchev–Trinajstić information content (AvgIpc) is 2.93. The van der Waals surface area contributed by atoms with Gasteiger partial charge in [0.15, 0.2) is 5.75 Å². The first kappa shape index (κ1) is 13.9. The fourth-order valence-corrected chi connectivity index (χ4v) is 3.06. The molecule has 3 rings (SSSR count). The summed E-state index contributed by atoms with van der Waals surface area (Å²) in [6, 6.07) is 5.43. The van der Waals surface area contributed by atoms with E-state index in [1.165, 1.54) is 0 Å². The summed E-state index contributed by atoms with van der Waals surface area (Å²) in [5.74, 6) is 0.486. The summed E-state index contributed by atoms with van der Waals surface area (Å²) in [7, 11) is 0. The first-order valence-corrected chi connectivity index (χ1v) is 7.75. The Hall–Kier alpha value is -2.08. The van der Waals surface area contributed by atoms with Crippen LogP contribution in [0.15, 0.2) is 23.6 Å². The second-order valence-electron chi connectivity index (χ2n) is 4.98. The van der Waals surface area contributed by atoms with Gasteiger partial charge in [0.25, 0.3) is 5.91 Å². The van der Waals surface area contributed by atoms with Gasteiger partial charge in [0.1, 0.15) is 11.6 Å². The summed E-state index contributed by atoms with van der Waals surface area (Å²) >= 11 is 1.55. The lowest BCUT2D eigenvalue weighted by atomic mass is 10.1. The maximum Gasteiger partial charge on any atom is 0.255 e. The van der Waals surface area contributed by atoms with E-state index in [-0.39, 0.29) is 11.9 Å². The zero-order chi connectivity index (χ0) is 14.8. The number of ether oxygens (including phenoxy) is 1. The number of hydrogen-bond donors (Lipinski definition) is 2. The van der Waals surface area contributed by atoms with Gasteiger partial charge in [0, 0.05) is 17.6 Å². The number of aromatic nitrogens is 1. The van der Waals surface area contributed by atoms with Gasteiger partial charge in [-0.2, -0.15) is 0 Å². The Kier molecular flexibility index (Phi) is 3.79. The largest absolute Gasteiger partial charge is 0.489 e. The molecule has 2 aromatic rings. The summed E-state index contributed by atoms with van der Waals surface area (Å²) in [6.07, 6.45) is 0. The summed E-state index contributed by atoms with van der Waals surface area (Å²) in [6.45, 7) is 5.21. The van der Waals surface area contributed by atoms with Gasteiger partial charge >= 0.3 is 0 Å². The van der Waals surface area contributed by atoms with Crippen LogP contribution >= 0.6 is 11.3 Å². The molecule has 0 saturated carbocycles. The molecule has 1 aromatic heterocycles. The van der Waals surface area contributed by atoms with E-state index in [0.29, 0.717) is 17.9 Å². The molecule has 0 saturated heterocycles. The van der Waals surface area contributed by atoms with Crippen molar-refractivity contribution in [2.24, 2.45) is 0 Å². The van der Waals surface area contributed by atoms with Crippen molar-refractivity contribution in [2.45, 2.75) is 19.9 Å². The normalized spacial score (nSPS) is 14.6. The Morgan fingerprint density at radius 1 is 1.52 bits per heavy atom. The van der Waals surface area contributed by atoms with Gasteiger partial charge in [0.2, 0.25) is 0 Å². The minimum atomic E-state index is -0.143. The second-order valence-corrected chi connectivity index (χ2v) is 5.87. The van der Waals surface area contributed by atoms with E-state index in [1.54, 1.807) is 17.4 Å². The number of para-hydroxylation sites is 1. The molecule has 0 fully saturated rings. The summed E-state index contributed by atoms with van der Waals surface area (Å²) < 4.78 is 5.63. The molecule has 1 aliphatic rings. The molecule has 1 unspecified atom stereocenters. The lowest BCUT2D eigenvalue weighted by Gasteiger charge is -2.22. The Bertz CT molecular complexity index is 669. The molecule has 0 radical (unpaired) electrons. The molecule has 21 heavy (non-hydrogen) atoms. The van der Waals surface area contributed by atoms with Crippen molar-refractivity contribution in [1.29, 1.82) is 0 Å². The number of benzene rings is 1. The van der Waals surface area contributed by atoms with Crippen LogP contribution in [0.2, 0.25) is 0 Å². The number of carbonyl (C=O) groups excluding carboxylic acids is 1. The van der Waals surface area contributed by atoms with Crippen LogP contribution in [0.1, 0.15) is 34.0 Å². The van der Waals surface area contributed by atoms with Crippen molar-refractivity contribution >= 4 is 22.9 Å². The number of anilines is 1. The van der Waals surface area contributed by atoms with E-state index in [9.17, 15) is 4.79 Å². The maximum absolute atomic E-state index is 12.5. The molecule has 2 N–H and O–H groups in total. The zero-order valence-electron chi connectivity index (χ0n) is 12.0. The third-order valence-electron chi connectivity index (χ3n) is 3.28. The Morgan fingerprint density at radius 2 is 2.38 bits per heavy atom. The Balaban J connectivity index is 1.79. The molecule has 1 aromatic carbocycles. The van der Waals surface area contributed by atoms with Crippen molar-refractivity contribution < 1.29 is 9.53 Å². The molecule has 0 bridgehead atoms. The molecule has 2 heterocycles. The van der Waals surface area contributed by atoms with Crippen LogP contribution in [0.25, 0.3) is 0 Å². The van der Waals surface area contributed by atoms with Crippen molar-refractivity contribution in [1.82, 2.24) is 10.3 Å². The van der Waals surface area contributed by atoms with Gasteiger partial charge in [-0.1, -0.05) is 6.07 Å². The molecule has 5 nitrogen and oxygen atoms in total. The number of fused-ring (bicyclic) bond motifs is 1. The number of carbonyl (C=O) groups is 1. The van der Waals surface area contributed by atoms with Crippen molar-refractivity contribution in [3.63, 3.8) is 0 Å². The third kappa shape index (κ3) is 2.85. The van der Waals surface area contributed by atoms with Crippen LogP contribution in [0, 0.1) is 6.92 Å². The number of nitrogens with one attached hydrogen (secondary N) is 2. The van der Waals surface area contributed by atoms with Crippen LogP contribution in [0.3, 0.4) is 0 Å². The van der Waals surface area contributed by atoms with Crippen LogP contribution in [0.4, 0.5) is 5.69 Å². The molecular formula is C15H17N3O2S. The monoisotopic (exact) mass is 303 g/mol. The minimum absolute atomic E-state index is 0.122. The number of rotatable bonds is 3. The van der Waals surface area contributed by atoms with Gasteiger partial charge < -0.3 is 15.4 Å². The summed E-state index contributed by atoms with van der Waals surface area (Å²) in [4.78, 5) is 16.9. The number of nitrogens with zero attached hydrogens (tertiary/aromatic N) is 1. The highest BCUT2D eigenvalue weighted by Crippen LogP contribution is 2.31. The summed E-state index contributed by atoms with van der Waals surface area (Å²) in [5.41, 5.74) is 2.40.